The van der Waals surface area contributed by atoms with Crippen LogP contribution in [0.5, 0.6) is 5.75 Å². The number of hydrogen-bond acceptors (Lipinski definition) is 2. The quantitative estimate of drug-likeness (QED) is 0.785. The molecule has 1 atom stereocenters. The maximum Gasteiger partial charge on any atom is 0.138 e. The summed E-state index contributed by atoms with van der Waals surface area (Å²) in [5, 5.41) is 0. The molecule has 0 amide bonds. The highest BCUT2D eigenvalue weighted by Gasteiger charge is 2.24. The Kier molecular flexibility index (Phi) is 4.50. The van der Waals surface area contributed by atoms with Crippen LogP contribution in [-0.2, 0) is 5.41 Å². The van der Waals surface area contributed by atoms with Crippen molar-refractivity contribution in [2.75, 3.05) is 6.61 Å². The monoisotopic (exact) mass is 319 g/mol. The van der Waals surface area contributed by atoms with Crippen LogP contribution >= 0.6 is 28.3 Å². The minimum absolute atomic E-state index is 0. The Hall–Kier alpha value is -0.250. The van der Waals surface area contributed by atoms with E-state index in [1.807, 2.05) is 0 Å². The average molecular weight is 321 g/mol. The van der Waals surface area contributed by atoms with Gasteiger partial charge in [0.05, 0.1) is 11.1 Å². The average Bonchev–Trinajstić information content (AvgIpc) is 2.18. The molecule has 1 heterocycles. The highest BCUT2D eigenvalue weighted by Crippen LogP contribution is 2.40. The van der Waals surface area contributed by atoms with E-state index in [0.717, 1.165) is 22.2 Å². The molecule has 96 valence electrons. The Morgan fingerprint density at radius 1 is 1.35 bits per heavy atom. The van der Waals surface area contributed by atoms with Gasteiger partial charge in [-0.05, 0) is 39.0 Å². The Morgan fingerprint density at radius 2 is 2.00 bits per heavy atom. The van der Waals surface area contributed by atoms with E-state index in [1.54, 1.807) is 0 Å². The predicted molar refractivity (Wildman–Crippen MR) is 77.1 cm³/mol. The van der Waals surface area contributed by atoms with Crippen molar-refractivity contribution < 1.29 is 4.74 Å². The smallest absolute Gasteiger partial charge is 0.138 e. The maximum atomic E-state index is 6.13. The van der Waals surface area contributed by atoms with Crippen molar-refractivity contribution in [2.24, 2.45) is 5.73 Å². The van der Waals surface area contributed by atoms with Crippen molar-refractivity contribution >= 4 is 28.3 Å². The molecule has 0 fully saturated rings. The number of rotatable bonds is 0. The molecule has 1 aromatic rings. The second-order valence-electron chi connectivity index (χ2n) is 5.37. The zero-order chi connectivity index (χ0) is 11.9. The SMILES string of the molecule is CC(C)(C)c1cc(Br)c2c(c1)[C@@H](N)CCO2.Cl. The fraction of sp³-hybridized carbons (Fsp3) is 0.538. The lowest BCUT2D eigenvalue weighted by molar-refractivity contribution is 0.266. The summed E-state index contributed by atoms with van der Waals surface area (Å²) in [6, 6.07) is 4.42. The van der Waals surface area contributed by atoms with Crippen LogP contribution in [0.3, 0.4) is 0 Å². The van der Waals surface area contributed by atoms with Gasteiger partial charge >= 0.3 is 0 Å². The van der Waals surface area contributed by atoms with Crippen molar-refractivity contribution in [3.05, 3.63) is 27.7 Å². The predicted octanol–water partition coefficient (Wildman–Crippen LogP) is 3.95. The van der Waals surface area contributed by atoms with Gasteiger partial charge in [-0.3, -0.25) is 0 Å². The minimum atomic E-state index is 0. The molecule has 0 unspecified atom stereocenters. The lowest BCUT2D eigenvalue weighted by Gasteiger charge is -2.28. The molecule has 2 rings (SSSR count). The van der Waals surface area contributed by atoms with Crippen molar-refractivity contribution in [2.45, 2.75) is 38.6 Å². The van der Waals surface area contributed by atoms with E-state index < -0.39 is 0 Å². The normalized spacial score (nSPS) is 19.0. The van der Waals surface area contributed by atoms with E-state index in [9.17, 15) is 0 Å². The molecule has 0 aromatic heterocycles. The van der Waals surface area contributed by atoms with E-state index in [2.05, 4.69) is 48.8 Å². The van der Waals surface area contributed by atoms with E-state index in [-0.39, 0.29) is 23.9 Å². The van der Waals surface area contributed by atoms with Crippen LogP contribution in [0.2, 0.25) is 0 Å². The van der Waals surface area contributed by atoms with Crippen molar-refractivity contribution in [1.82, 2.24) is 0 Å². The van der Waals surface area contributed by atoms with Crippen LogP contribution in [-0.4, -0.2) is 6.61 Å². The third kappa shape index (κ3) is 2.95. The van der Waals surface area contributed by atoms with Gasteiger partial charge in [0.1, 0.15) is 5.75 Å². The fourth-order valence-electron chi connectivity index (χ4n) is 1.92. The van der Waals surface area contributed by atoms with Gasteiger partial charge in [0.2, 0.25) is 0 Å². The number of nitrogens with two attached hydrogens (primary N) is 1. The fourth-order valence-corrected chi connectivity index (χ4v) is 2.51. The van der Waals surface area contributed by atoms with E-state index in [1.165, 1.54) is 5.56 Å². The minimum Gasteiger partial charge on any atom is -0.492 e. The largest absolute Gasteiger partial charge is 0.492 e. The Balaban J connectivity index is 0.00000144. The summed E-state index contributed by atoms with van der Waals surface area (Å²) in [6.45, 7) is 7.32. The van der Waals surface area contributed by atoms with Crippen molar-refractivity contribution in [3.8, 4) is 5.75 Å². The van der Waals surface area contributed by atoms with Crippen molar-refractivity contribution in [3.63, 3.8) is 0 Å². The molecule has 2 N–H and O–H groups in total. The first-order valence-electron chi connectivity index (χ1n) is 5.62. The Labute approximate surface area is 117 Å². The second-order valence-corrected chi connectivity index (χ2v) is 6.22. The molecule has 0 radical (unpaired) electrons. The van der Waals surface area contributed by atoms with Gasteiger partial charge in [-0.2, -0.15) is 0 Å². The molecule has 17 heavy (non-hydrogen) atoms. The van der Waals surface area contributed by atoms with Crippen molar-refractivity contribution in [1.29, 1.82) is 0 Å². The first-order chi connectivity index (χ1) is 7.39. The Morgan fingerprint density at radius 3 is 2.59 bits per heavy atom. The van der Waals surface area contributed by atoms with Crippen LogP contribution in [0.4, 0.5) is 0 Å². The van der Waals surface area contributed by atoms with Crippen LogP contribution < -0.4 is 10.5 Å². The Bertz CT molecular complexity index is 415. The van der Waals surface area contributed by atoms with Crippen LogP contribution in [0, 0.1) is 0 Å². The van der Waals surface area contributed by atoms with Gasteiger partial charge in [-0.1, -0.05) is 20.8 Å². The van der Waals surface area contributed by atoms with Crippen LogP contribution in [0.15, 0.2) is 16.6 Å². The van der Waals surface area contributed by atoms with Crippen LogP contribution in [0.1, 0.15) is 44.4 Å². The third-order valence-electron chi connectivity index (χ3n) is 3.01. The standard InChI is InChI=1S/C13H18BrNO.ClH/c1-13(2,3)8-6-9-11(15)4-5-16-12(9)10(14)7-8;/h6-7,11H,4-5,15H2,1-3H3;1H/t11-;/m0./s1. The summed E-state index contributed by atoms with van der Waals surface area (Å²) in [5.74, 6) is 0.923. The van der Waals surface area contributed by atoms with Gasteiger partial charge in [0.25, 0.3) is 0 Å². The molecule has 0 bridgehead atoms. The summed E-state index contributed by atoms with van der Waals surface area (Å²) in [4.78, 5) is 0. The second kappa shape index (κ2) is 5.17. The summed E-state index contributed by atoms with van der Waals surface area (Å²) in [5.41, 5.74) is 8.68. The number of fused-ring (bicyclic) bond motifs is 1. The lowest BCUT2D eigenvalue weighted by atomic mass is 9.84. The highest BCUT2D eigenvalue weighted by atomic mass is 79.9. The molecule has 1 aliphatic rings. The summed E-state index contributed by atoms with van der Waals surface area (Å²) >= 11 is 3.57. The molecule has 1 aromatic carbocycles. The van der Waals surface area contributed by atoms with Gasteiger partial charge in [0, 0.05) is 18.0 Å². The third-order valence-corrected chi connectivity index (χ3v) is 3.60. The topological polar surface area (TPSA) is 35.2 Å². The van der Waals surface area contributed by atoms with Gasteiger partial charge < -0.3 is 10.5 Å². The highest BCUT2D eigenvalue weighted by molar-refractivity contribution is 9.10. The summed E-state index contributed by atoms with van der Waals surface area (Å²) < 4.78 is 6.68. The molecular weight excluding hydrogens is 302 g/mol. The molecular formula is C13H19BrClNO. The molecule has 1 aliphatic heterocycles. The van der Waals surface area contributed by atoms with Gasteiger partial charge in [0.15, 0.2) is 0 Å². The molecule has 0 saturated carbocycles. The van der Waals surface area contributed by atoms with E-state index in [0.29, 0.717) is 6.61 Å². The van der Waals surface area contributed by atoms with Gasteiger partial charge in [-0.25, -0.2) is 0 Å². The van der Waals surface area contributed by atoms with Gasteiger partial charge in [-0.15, -0.1) is 12.4 Å². The van der Waals surface area contributed by atoms with E-state index >= 15 is 0 Å². The first-order valence-corrected chi connectivity index (χ1v) is 6.41. The first kappa shape index (κ1) is 14.8. The zero-order valence-electron chi connectivity index (χ0n) is 10.4. The summed E-state index contributed by atoms with van der Waals surface area (Å²) in [6.07, 6.45) is 0.896. The molecule has 2 nitrogen and oxygen atoms in total. The van der Waals surface area contributed by atoms with E-state index in [4.69, 9.17) is 10.5 Å². The molecule has 0 aliphatic carbocycles. The lowest BCUT2D eigenvalue weighted by Crippen LogP contribution is -2.22. The molecule has 0 saturated heterocycles. The number of benzene rings is 1. The van der Waals surface area contributed by atoms with Crippen LogP contribution in [0.25, 0.3) is 0 Å². The zero-order valence-corrected chi connectivity index (χ0v) is 12.8. The summed E-state index contributed by atoms with van der Waals surface area (Å²) in [7, 11) is 0. The molecule has 4 heteroatoms. The molecule has 0 spiro atoms. The maximum absolute atomic E-state index is 6.13. The number of ether oxygens (including phenoxy) is 1. The number of hydrogen-bond donors (Lipinski definition) is 1. The number of halogens is 2.